The molecule has 7 heteroatoms. The SMILES string of the molecule is O=C(c1cc(Cl)c2c(c1)OCO2)N1CCC[C@H]1c1ccc2c(c1)OCCCO2. The molecule has 1 saturated heterocycles. The molecule has 0 radical (unpaired) electrons. The molecule has 1 fully saturated rings. The van der Waals surface area contributed by atoms with Gasteiger partial charge in [0.25, 0.3) is 5.91 Å². The molecule has 3 aliphatic rings. The molecule has 3 heterocycles. The molecule has 0 saturated carbocycles. The van der Waals surface area contributed by atoms with E-state index in [1.54, 1.807) is 12.1 Å². The molecule has 5 rings (SSSR count). The number of rotatable bonds is 2. The second-order valence-electron chi connectivity index (χ2n) is 7.11. The highest BCUT2D eigenvalue weighted by Gasteiger charge is 2.32. The lowest BCUT2D eigenvalue weighted by molar-refractivity contribution is 0.0735. The minimum absolute atomic E-state index is 0.00569. The van der Waals surface area contributed by atoms with Gasteiger partial charge >= 0.3 is 0 Å². The molecule has 28 heavy (non-hydrogen) atoms. The minimum atomic E-state index is -0.0604. The lowest BCUT2D eigenvalue weighted by Crippen LogP contribution is -2.30. The van der Waals surface area contributed by atoms with Crippen LogP contribution in [0, 0.1) is 0 Å². The quantitative estimate of drug-likeness (QED) is 0.754. The molecule has 0 bridgehead atoms. The Labute approximate surface area is 167 Å². The number of likely N-dealkylation sites (tertiary alicyclic amines) is 1. The molecule has 0 unspecified atom stereocenters. The Balaban J connectivity index is 1.44. The van der Waals surface area contributed by atoms with Crippen LogP contribution in [-0.4, -0.2) is 37.4 Å². The maximum absolute atomic E-state index is 13.2. The third-order valence-electron chi connectivity index (χ3n) is 5.34. The predicted molar refractivity (Wildman–Crippen MR) is 103 cm³/mol. The Morgan fingerprint density at radius 2 is 1.82 bits per heavy atom. The second-order valence-corrected chi connectivity index (χ2v) is 7.51. The van der Waals surface area contributed by atoms with Crippen LogP contribution >= 0.6 is 11.6 Å². The van der Waals surface area contributed by atoms with Crippen molar-refractivity contribution in [2.45, 2.75) is 25.3 Å². The Kier molecular flexibility index (Phi) is 4.43. The van der Waals surface area contributed by atoms with E-state index in [4.69, 9.17) is 30.5 Å². The summed E-state index contributed by atoms with van der Waals surface area (Å²) in [5.74, 6) is 2.47. The molecule has 1 atom stereocenters. The van der Waals surface area contributed by atoms with E-state index in [1.807, 2.05) is 23.1 Å². The third-order valence-corrected chi connectivity index (χ3v) is 5.62. The number of hydrogen-bond donors (Lipinski definition) is 0. The van der Waals surface area contributed by atoms with Gasteiger partial charge in [0.2, 0.25) is 6.79 Å². The smallest absolute Gasteiger partial charge is 0.254 e. The molecule has 0 N–H and O–H groups in total. The Bertz CT molecular complexity index is 931. The number of ether oxygens (including phenoxy) is 4. The van der Waals surface area contributed by atoms with Crippen LogP contribution in [0.25, 0.3) is 0 Å². The average Bonchev–Trinajstić information content (AvgIpc) is 3.32. The molecule has 0 aliphatic carbocycles. The number of amides is 1. The summed E-state index contributed by atoms with van der Waals surface area (Å²) in [6.07, 6.45) is 2.72. The first-order valence-corrected chi connectivity index (χ1v) is 9.88. The van der Waals surface area contributed by atoms with Crippen molar-refractivity contribution >= 4 is 17.5 Å². The zero-order valence-corrected chi connectivity index (χ0v) is 16.0. The van der Waals surface area contributed by atoms with Gasteiger partial charge in [0, 0.05) is 18.5 Å². The van der Waals surface area contributed by atoms with Crippen molar-refractivity contribution in [1.82, 2.24) is 4.90 Å². The highest BCUT2D eigenvalue weighted by Crippen LogP contribution is 2.42. The van der Waals surface area contributed by atoms with Gasteiger partial charge in [0.15, 0.2) is 23.0 Å². The van der Waals surface area contributed by atoms with E-state index in [0.29, 0.717) is 41.8 Å². The van der Waals surface area contributed by atoms with Crippen LogP contribution < -0.4 is 18.9 Å². The highest BCUT2D eigenvalue weighted by atomic mass is 35.5. The summed E-state index contributed by atoms with van der Waals surface area (Å²) in [5.41, 5.74) is 1.57. The van der Waals surface area contributed by atoms with Gasteiger partial charge in [-0.15, -0.1) is 0 Å². The van der Waals surface area contributed by atoms with Gasteiger partial charge in [-0.05, 0) is 42.7 Å². The van der Waals surface area contributed by atoms with E-state index in [0.717, 1.165) is 36.3 Å². The number of carbonyl (C=O) groups is 1. The van der Waals surface area contributed by atoms with E-state index in [-0.39, 0.29) is 18.7 Å². The lowest BCUT2D eigenvalue weighted by Gasteiger charge is -2.26. The highest BCUT2D eigenvalue weighted by molar-refractivity contribution is 6.32. The van der Waals surface area contributed by atoms with Crippen molar-refractivity contribution in [3.05, 3.63) is 46.5 Å². The fraction of sp³-hybridized carbons (Fsp3) is 0.381. The Morgan fingerprint density at radius 3 is 2.71 bits per heavy atom. The van der Waals surface area contributed by atoms with Crippen LogP contribution in [0.5, 0.6) is 23.0 Å². The second kappa shape index (κ2) is 7.09. The van der Waals surface area contributed by atoms with Gasteiger partial charge < -0.3 is 23.8 Å². The van der Waals surface area contributed by atoms with Crippen LogP contribution in [0.2, 0.25) is 5.02 Å². The maximum atomic E-state index is 13.2. The summed E-state index contributed by atoms with van der Waals surface area (Å²) in [4.78, 5) is 15.1. The number of fused-ring (bicyclic) bond motifs is 2. The summed E-state index contributed by atoms with van der Waals surface area (Å²) >= 11 is 6.27. The number of halogens is 1. The van der Waals surface area contributed by atoms with Crippen molar-refractivity contribution in [2.75, 3.05) is 26.6 Å². The Hall–Kier alpha value is -2.60. The van der Waals surface area contributed by atoms with Gasteiger partial charge in [0.05, 0.1) is 24.3 Å². The lowest BCUT2D eigenvalue weighted by atomic mass is 10.0. The fourth-order valence-corrected chi connectivity index (χ4v) is 4.27. The molecule has 6 nitrogen and oxygen atoms in total. The van der Waals surface area contributed by atoms with Crippen molar-refractivity contribution in [1.29, 1.82) is 0 Å². The van der Waals surface area contributed by atoms with E-state index in [1.165, 1.54) is 0 Å². The molecule has 1 amide bonds. The van der Waals surface area contributed by atoms with E-state index in [9.17, 15) is 4.79 Å². The summed E-state index contributed by atoms with van der Waals surface area (Å²) in [6.45, 7) is 2.12. The van der Waals surface area contributed by atoms with Crippen LogP contribution in [-0.2, 0) is 0 Å². The fourth-order valence-electron chi connectivity index (χ4n) is 4.00. The molecule has 0 aromatic heterocycles. The predicted octanol–water partition coefficient (Wildman–Crippen LogP) is 4.21. The monoisotopic (exact) mass is 401 g/mol. The molecule has 0 spiro atoms. The van der Waals surface area contributed by atoms with Gasteiger partial charge in [-0.25, -0.2) is 0 Å². The number of hydrogen-bond acceptors (Lipinski definition) is 5. The summed E-state index contributed by atoms with van der Waals surface area (Å²) in [6, 6.07) is 9.32. The number of benzene rings is 2. The molecular formula is C21H20ClNO5. The van der Waals surface area contributed by atoms with Crippen LogP contribution in [0.1, 0.15) is 41.2 Å². The van der Waals surface area contributed by atoms with Gasteiger partial charge in [-0.3, -0.25) is 4.79 Å². The zero-order chi connectivity index (χ0) is 19.1. The summed E-state index contributed by atoms with van der Waals surface area (Å²) in [7, 11) is 0. The van der Waals surface area contributed by atoms with Crippen LogP contribution in [0.3, 0.4) is 0 Å². The largest absolute Gasteiger partial charge is 0.490 e. The number of carbonyl (C=O) groups excluding carboxylic acids is 1. The van der Waals surface area contributed by atoms with E-state index in [2.05, 4.69) is 0 Å². The zero-order valence-electron chi connectivity index (χ0n) is 15.3. The minimum Gasteiger partial charge on any atom is -0.490 e. The first-order chi connectivity index (χ1) is 13.7. The summed E-state index contributed by atoms with van der Waals surface area (Å²) in [5, 5.41) is 0.393. The van der Waals surface area contributed by atoms with E-state index < -0.39 is 0 Å². The molecular weight excluding hydrogens is 382 g/mol. The number of nitrogens with zero attached hydrogens (tertiary/aromatic N) is 1. The van der Waals surface area contributed by atoms with Gasteiger partial charge in [-0.2, -0.15) is 0 Å². The normalized spacial score (nSPS) is 20.2. The standard InChI is InChI=1S/C21H20ClNO5/c22-15-9-14(11-19-20(15)28-12-27-19)21(24)23-6-1-3-16(23)13-4-5-17-18(10-13)26-8-2-7-25-17/h4-5,9-11,16H,1-3,6-8,12H2/t16-/m0/s1. The van der Waals surface area contributed by atoms with Crippen molar-refractivity contribution in [2.24, 2.45) is 0 Å². The first-order valence-electron chi connectivity index (χ1n) is 9.50. The van der Waals surface area contributed by atoms with Crippen LogP contribution in [0.4, 0.5) is 0 Å². The molecule has 146 valence electrons. The van der Waals surface area contributed by atoms with Crippen molar-refractivity contribution in [3.8, 4) is 23.0 Å². The maximum Gasteiger partial charge on any atom is 0.254 e. The van der Waals surface area contributed by atoms with E-state index >= 15 is 0 Å². The molecule has 2 aromatic rings. The Morgan fingerprint density at radius 1 is 0.964 bits per heavy atom. The molecule has 3 aliphatic heterocycles. The summed E-state index contributed by atoms with van der Waals surface area (Å²) < 4.78 is 22.3. The third kappa shape index (κ3) is 3.02. The average molecular weight is 402 g/mol. The van der Waals surface area contributed by atoms with Gasteiger partial charge in [0.1, 0.15) is 0 Å². The van der Waals surface area contributed by atoms with Crippen molar-refractivity contribution in [3.63, 3.8) is 0 Å². The first kappa shape index (κ1) is 17.5. The molecule has 2 aromatic carbocycles. The van der Waals surface area contributed by atoms with Crippen molar-refractivity contribution < 1.29 is 23.7 Å². The van der Waals surface area contributed by atoms with Gasteiger partial charge in [-0.1, -0.05) is 17.7 Å². The topological polar surface area (TPSA) is 57.2 Å². The van der Waals surface area contributed by atoms with Crippen LogP contribution in [0.15, 0.2) is 30.3 Å².